The molecule has 2 aromatic rings. The summed E-state index contributed by atoms with van der Waals surface area (Å²) in [6.45, 7) is 2.29. The molecule has 1 aliphatic heterocycles. The molecule has 3 rings (SSSR count). The maximum absolute atomic E-state index is 12.9. The largest absolute Gasteiger partial charge is 0.462 e. The quantitative estimate of drug-likeness (QED) is 0.660. The molecule has 156 valence electrons. The zero-order chi connectivity index (χ0) is 21.7. The third-order valence-electron chi connectivity index (χ3n) is 4.42. The average molecular weight is 429 g/mol. The third-order valence-corrected chi connectivity index (χ3v) is 4.65. The van der Waals surface area contributed by atoms with Crippen molar-refractivity contribution < 1.29 is 23.9 Å². The monoisotopic (exact) mass is 428 g/mol. The smallest absolute Gasteiger partial charge is 0.303 e. The summed E-state index contributed by atoms with van der Waals surface area (Å²) in [5.41, 5.74) is 2.78. The fourth-order valence-electron chi connectivity index (χ4n) is 3.20. The zero-order valence-electron chi connectivity index (χ0n) is 16.6. The summed E-state index contributed by atoms with van der Waals surface area (Å²) in [5.74, 6) is -1.31. The SMILES string of the molecule is CC(=O)OCC(CN1C(=O)CN=C(c2ccccc2)c2cc(Cl)ccc21)OC(C)=O. The lowest BCUT2D eigenvalue weighted by atomic mass is 10.00. The first-order valence-corrected chi connectivity index (χ1v) is 9.73. The van der Waals surface area contributed by atoms with E-state index < -0.39 is 18.0 Å². The number of benzene rings is 2. The molecule has 1 aliphatic rings. The van der Waals surface area contributed by atoms with Crippen molar-refractivity contribution in [2.24, 2.45) is 4.99 Å². The molecular formula is C22H21ClN2O5. The topological polar surface area (TPSA) is 85.3 Å². The van der Waals surface area contributed by atoms with Gasteiger partial charge in [0.25, 0.3) is 0 Å². The Morgan fingerprint density at radius 2 is 1.87 bits per heavy atom. The highest BCUT2D eigenvalue weighted by atomic mass is 35.5. The summed E-state index contributed by atoms with van der Waals surface area (Å²) in [5, 5.41) is 0.503. The van der Waals surface area contributed by atoms with E-state index >= 15 is 0 Å². The molecule has 1 unspecified atom stereocenters. The van der Waals surface area contributed by atoms with Gasteiger partial charge in [0.05, 0.1) is 17.9 Å². The summed E-state index contributed by atoms with van der Waals surface area (Å²) < 4.78 is 10.3. The van der Waals surface area contributed by atoms with E-state index in [1.54, 1.807) is 18.2 Å². The Bertz CT molecular complexity index is 990. The van der Waals surface area contributed by atoms with E-state index in [-0.39, 0.29) is 25.6 Å². The molecule has 0 spiro atoms. The predicted molar refractivity (Wildman–Crippen MR) is 113 cm³/mol. The molecule has 0 saturated heterocycles. The van der Waals surface area contributed by atoms with Crippen LogP contribution < -0.4 is 4.90 Å². The lowest BCUT2D eigenvalue weighted by Gasteiger charge is -2.27. The van der Waals surface area contributed by atoms with Gasteiger partial charge in [-0.25, -0.2) is 0 Å². The van der Waals surface area contributed by atoms with Crippen LogP contribution in [0.3, 0.4) is 0 Å². The minimum Gasteiger partial charge on any atom is -0.462 e. The molecular weight excluding hydrogens is 408 g/mol. The van der Waals surface area contributed by atoms with Gasteiger partial charge in [-0.3, -0.25) is 19.4 Å². The van der Waals surface area contributed by atoms with Crippen LogP contribution in [0.4, 0.5) is 5.69 Å². The molecule has 8 heteroatoms. The van der Waals surface area contributed by atoms with Gasteiger partial charge in [-0.05, 0) is 18.2 Å². The normalized spacial score (nSPS) is 14.3. The Morgan fingerprint density at radius 1 is 1.13 bits per heavy atom. The summed E-state index contributed by atoms with van der Waals surface area (Å²) in [6, 6.07) is 14.7. The molecule has 0 aromatic heterocycles. The van der Waals surface area contributed by atoms with Crippen molar-refractivity contribution in [3.8, 4) is 0 Å². The fraction of sp³-hybridized carbons (Fsp3) is 0.273. The molecule has 1 amide bonds. The zero-order valence-corrected chi connectivity index (χ0v) is 17.4. The van der Waals surface area contributed by atoms with Crippen molar-refractivity contribution in [1.29, 1.82) is 0 Å². The maximum Gasteiger partial charge on any atom is 0.303 e. The Hall–Kier alpha value is -3.19. The molecule has 7 nitrogen and oxygen atoms in total. The summed E-state index contributed by atoms with van der Waals surface area (Å²) in [4.78, 5) is 41.7. The van der Waals surface area contributed by atoms with Gasteiger partial charge in [0.1, 0.15) is 13.2 Å². The van der Waals surface area contributed by atoms with Crippen molar-refractivity contribution in [3.05, 3.63) is 64.7 Å². The van der Waals surface area contributed by atoms with Crippen LogP contribution in [0.25, 0.3) is 0 Å². The number of anilines is 1. The summed E-state index contributed by atoms with van der Waals surface area (Å²) in [6.07, 6.45) is -0.822. The lowest BCUT2D eigenvalue weighted by molar-refractivity contribution is -0.155. The standard InChI is InChI=1S/C22H21ClN2O5/c1-14(26)29-13-18(30-15(2)27)12-25-20-9-8-17(23)10-19(20)22(24-11-21(25)28)16-6-4-3-5-7-16/h3-10,18H,11-13H2,1-2H3. The molecule has 1 atom stereocenters. The number of rotatable bonds is 6. The van der Waals surface area contributed by atoms with Gasteiger partial charge in [-0.2, -0.15) is 0 Å². The van der Waals surface area contributed by atoms with Crippen LogP contribution in [-0.4, -0.2) is 49.4 Å². The lowest BCUT2D eigenvalue weighted by Crippen LogP contribution is -2.42. The van der Waals surface area contributed by atoms with Gasteiger partial charge in [-0.1, -0.05) is 41.9 Å². The molecule has 0 aliphatic carbocycles. The number of aliphatic imine (C=N–C) groups is 1. The molecule has 30 heavy (non-hydrogen) atoms. The van der Waals surface area contributed by atoms with Gasteiger partial charge >= 0.3 is 11.9 Å². The Balaban J connectivity index is 1.99. The van der Waals surface area contributed by atoms with Crippen LogP contribution in [0.15, 0.2) is 53.5 Å². The van der Waals surface area contributed by atoms with Crippen molar-refractivity contribution in [2.45, 2.75) is 20.0 Å². The van der Waals surface area contributed by atoms with Gasteiger partial charge < -0.3 is 14.4 Å². The van der Waals surface area contributed by atoms with Crippen LogP contribution >= 0.6 is 11.6 Å². The minimum absolute atomic E-state index is 0.0118. The van der Waals surface area contributed by atoms with Crippen LogP contribution in [-0.2, 0) is 23.9 Å². The predicted octanol–water partition coefficient (Wildman–Crippen LogP) is 3.02. The van der Waals surface area contributed by atoms with Crippen molar-refractivity contribution in [1.82, 2.24) is 0 Å². The number of fused-ring (bicyclic) bond motifs is 1. The number of carbonyl (C=O) groups excluding carboxylic acids is 3. The Labute approximate surface area is 179 Å². The van der Waals surface area contributed by atoms with E-state index in [1.807, 2.05) is 30.3 Å². The molecule has 0 bridgehead atoms. The number of hydrogen-bond acceptors (Lipinski definition) is 6. The van der Waals surface area contributed by atoms with E-state index in [4.69, 9.17) is 21.1 Å². The highest BCUT2D eigenvalue weighted by Gasteiger charge is 2.29. The summed E-state index contributed by atoms with van der Waals surface area (Å²) >= 11 is 6.24. The molecule has 1 heterocycles. The minimum atomic E-state index is -0.822. The molecule has 0 fully saturated rings. The number of halogens is 1. The Morgan fingerprint density at radius 3 is 2.53 bits per heavy atom. The van der Waals surface area contributed by atoms with Crippen molar-refractivity contribution in [2.75, 3.05) is 24.6 Å². The van der Waals surface area contributed by atoms with Crippen LogP contribution in [0.1, 0.15) is 25.0 Å². The number of ether oxygens (including phenoxy) is 2. The van der Waals surface area contributed by atoms with Gasteiger partial charge in [0, 0.05) is 30.0 Å². The van der Waals surface area contributed by atoms with E-state index in [0.29, 0.717) is 22.0 Å². The van der Waals surface area contributed by atoms with E-state index in [9.17, 15) is 14.4 Å². The number of amides is 1. The first-order valence-electron chi connectivity index (χ1n) is 9.36. The number of carbonyl (C=O) groups is 3. The number of esters is 2. The van der Waals surface area contributed by atoms with Crippen molar-refractivity contribution in [3.63, 3.8) is 0 Å². The van der Waals surface area contributed by atoms with Gasteiger partial charge in [0.2, 0.25) is 5.91 Å². The highest BCUT2D eigenvalue weighted by molar-refractivity contribution is 6.32. The average Bonchev–Trinajstić information content (AvgIpc) is 2.83. The number of nitrogens with zero attached hydrogens (tertiary/aromatic N) is 2. The second-order valence-electron chi connectivity index (χ2n) is 6.73. The van der Waals surface area contributed by atoms with Crippen LogP contribution in [0.2, 0.25) is 5.02 Å². The van der Waals surface area contributed by atoms with E-state index in [2.05, 4.69) is 4.99 Å². The van der Waals surface area contributed by atoms with Crippen molar-refractivity contribution >= 4 is 40.8 Å². The van der Waals surface area contributed by atoms with E-state index in [0.717, 1.165) is 5.56 Å². The van der Waals surface area contributed by atoms with E-state index in [1.165, 1.54) is 18.7 Å². The second kappa shape index (κ2) is 9.54. The Kier molecular flexibility index (Phi) is 6.84. The van der Waals surface area contributed by atoms with Crippen LogP contribution in [0.5, 0.6) is 0 Å². The first kappa shape index (κ1) is 21.5. The molecule has 0 saturated carbocycles. The second-order valence-corrected chi connectivity index (χ2v) is 7.17. The number of benzodiazepines with no additional fused rings is 1. The molecule has 0 N–H and O–H groups in total. The molecule has 0 radical (unpaired) electrons. The first-order chi connectivity index (χ1) is 14.3. The van der Waals surface area contributed by atoms with Crippen LogP contribution in [0, 0.1) is 0 Å². The maximum atomic E-state index is 12.9. The third kappa shape index (κ3) is 5.24. The molecule has 2 aromatic carbocycles. The summed E-state index contributed by atoms with van der Waals surface area (Å²) in [7, 11) is 0. The highest BCUT2D eigenvalue weighted by Crippen LogP contribution is 2.30. The van der Waals surface area contributed by atoms with Gasteiger partial charge in [-0.15, -0.1) is 0 Å². The number of hydrogen-bond donors (Lipinski definition) is 0. The van der Waals surface area contributed by atoms with Gasteiger partial charge in [0.15, 0.2) is 6.10 Å². The fourth-order valence-corrected chi connectivity index (χ4v) is 3.37.